The summed E-state index contributed by atoms with van der Waals surface area (Å²) in [5.74, 6) is 2.55. The van der Waals surface area contributed by atoms with Gasteiger partial charge in [-0.05, 0) is 25.1 Å². The predicted octanol–water partition coefficient (Wildman–Crippen LogP) is 4.17. The third-order valence-electron chi connectivity index (χ3n) is 4.04. The molecule has 0 aliphatic heterocycles. The summed E-state index contributed by atoms with van der Waals surface area (Å²) < 4.78 is 16.1. The first-order chi connectivity index (χ1) is 14.1. The molecule has 8 heteroatoms. The van der Waals surface area contributed by atoms with Crippen molar-refractivity contribution in [2.75, 3.05) is 32.0 Å². The van der Waals surface area contributed by atoms with E-state index in [0.717, 1.165) is 11.4 Å². The molecular formula is C21H21N5O3. The van der Waals surface area contributed by atoms with Crippen molar-refractivity contribution in [1.82, 2.24) is 9.97 Å². The lowest BCUT2D eigenvalue weighted by atomic mass is 10.2. The van der Waals surface area contributed by atoms with Crippen LogP contribution >= 0.6 is 0 Å². The number of aryl methyl sites for hydroxylation is 1. The summed E-state index contributed by atoms with van der Waals surface area (Å²) >= 11 is 0. The van der Waals surface area contributed by atoms with E-state index in [0.29, 0.717) is 40.3 Å². The van der Waals surface area contributed by atoms with E-state index < -0.39 is 0 Å². The summed E-state index contributed by atoms with van der Waals surface area (Å²) in [5.41, 5.74) is 2.79. The summed E-state index contributed by atoms with van der Waals surface area (Å²) in [5, 5.41) is 15.4. The molecule has 8 nitrogen and oxygen atoms in total. The molecule has 1 heterocycles. The Kier molecular flexibility index (Phi) is 6.00. The van der Waals surface area contributed by atoms with Gasteiger partial charge in [-0.1, -0.05) is 6.07 Å². The number of methoxy groups -OCH3 is 3. The monoisotopic (exact) mass is 391 g/mol. The lowest BCUT2D eigenvalue weighted by molar-refractivity contribution is 0.324. The molecule has 0 spiro atoms. The molecular weight excluding hydrogens is 370 g/mol. The van der Waals surface area contributed by atoms with Crippen LogP contribution in [-0.4, -0.2) is 31.3 Å². The highest BCUT2D eigenvalue weighted by Crippen LogP contribution is 2.40. The SMILES string of the molecule is COc1cc(Nc2nc(C)cc(Nc3cccc(C#N)c3)n2)cc(OC)c1OC. The Bertz CT molecular complexity index is 1040. The van der Waals surface area contributed by atoms with Crippen LogP contribution in [0.4, 0.5) is 23.1 Å². The molecule has 0 fully saturated rings. The standard InChI is InChI=1S/C21H21N5O3/c1-13-8-19(24-15-7-5-6-14(9-15)12-22)26-21(23-13)25-16-10-17(27-2)20(29-4)18(11-16)28-3/h5-11H,1-4H3,(H2,23,24,25,26). The maximum absolute atomic E-state index is 9.06. The quantitative estimate of drug-likeness (QED) is 0.619. The fraction of sp³-hybridized carbons (Fsp3) is 0.190. The number of hydrogen-bond donors (Lipinski definition) is 2. The Morgan fingerprint density at radius 2 is 1.59 bits per heavy atom. The summed E-state index contributed by atoms with van der Waals surface area (Å²) in [6, 6.07) is 14.7. The molecule has 0 saturated heterocycles. The molecule has 0 unspecified atom stereocenters. The average Bonchev–Trinajstić information content (AvgIpc) is 2.72. The van der Waals surface area contributed by atoms with Crippen molar-refractivity contribution < 1.29 is 14.2 Å². The first-order valence-corrected chi connectivity index (χ1v) is 8.76. The predicted molar refractivity (Wildman–Crippen MR) is 111 cm³/mol. The molecule has 0 atom stereocenters. The summed E-state index contributed by atoms with van der Waals surface area (Å²) in [4.78, 5) is 8.93. The minimum atomic E-state index is 0.401. The van der Waals surface area contributed by atoms with E-state index in [1.54, 1.807) is 45.6 Å². The third-order valence-corrected chi connectivity index (χ3v) is 4.04. The van der Waals surface area contributed by atoms with Gasteiger partial charge >= 0.3 is 0 Å². The van der Waals surface area contributed by atoms with Gasteiger partial charge in [-0.15, -0.1) is 0 Å². The molecule has 0 radical (unpaired) electrons. The average molecular weight is 391 g/mol. The number of ether oxygens (including phenoxy) is 3. The highest BCUT2D eigenvalue weighted by atomic mass is 16.5. The van der Waals surface area contributed by atoms with Crippen LogP contribution in [0, 0.1) is 18.3 Å². The van der Waals surface area contributed by atoms with Gasteiger partial charge in [0, 0.05) is 35.3 Å². The van der Waals surface area contributed by atoms with Crippen LogP contribution in [0.2, 0.25) is 0 Å². The molecule has 148 valence electrons. The zero-order valence-corrected chi connectivity index (χ0v) is 16.6. The first-order valence-electron chi connectivity index (χ1n) is 8.76. The Balaban J connectivity index is 1.89. The van der Waals surface area contributed by atoms with Crippen LogP contribution in [0.15, 0.2) is 42.5 Å². The summed E-state index contributed by atoms with van der Waals surface area (Å²) in [6.45, 7) is 1.87. The molecule has 2 aromatic carbocycles. The fourth-order valence-electron chi connectivity index (χ4n) is 2.79. The summed E-state index contributed by atoms with van der Waals surface area (Å²) in [6.07, 6.45) is 0. The number of rotatable bonds is 7. The smallest absolute Gasteiger partial charge is 0.229 e. The molecule has 29 heavy (non-hydrogen) atoms. The topological polar surface area (TPSA) is 101 Å². The van der Waals surface area contributed by atoms with Crippen LogP contribution < -0.4 is 24.8 Å². The van der Waals surface area contributed by atoms with Crippen molar-refractivity contribution in [3.63, 3.8) is 0 Å². The molecule has 3 aromatic rings. The zero-order valence-electron chi connectivity index (χ0n) is 16.6. The number of nitrogens with one attached hydrogen (secondary N) is 2. The third kappa shape index (κ3) is 4.65. The van der Waals surface area contributed by atoms with E-state index in [4.69, 9.17) is 19.5 Å². The van der Waals surface area contributed by atoms with Crippen molar-refractivity contribution in [3.8, 4) is 23.3 Å². The van der Waals surface area contributed by atoms with Gasteiger partial charge in [0.2, 0.25) is 11.7 Å². The van der Waals surface area contributed by atoms with E-state index in [9.17, 15) is 0 Å². The molecule has 3 rings (SSSR count). The zero-order chi connectivity index (χ0) is 20.8. The molecule has 1 aromatic heterocycles. The Hall–Kier alpha value is -3.99. The van der Waals surface area contributed by atoms with Gasteiger partial charge in [-0.2, -0.15) is 10.2 Å². The second-order valence-electron chi connectivity index (χ2n) is 6.07. The van der Waals surface area contributed by atoms with Crippen LogP contribution in [0.3, 0.4) is 0 Å². The number of anilines is 4. The van der Waals surface area contributed by atoms with Gasteiger partial charge in [0.1, 0.15) is 5.82 Å². The van der Waals surface area contributed by atoms with E-state index in [-0.39, 0.29) is 0 Å². The van der Waals surface area contributed by atoms with Gasteiger partial charge in [0.05, 0.1) is 33.0 Å². The number of benzene rings is 2. The van der Waals surface area contributed by atoms with Crippen molar-refractivity contribution >= 4 is 23.1 Å². The number of aromatic nitrogens is 2. The summed E-state index contributed by atoms with van der Waals surface area (Å²) in [7, 11) is 4.67. The fourth-order valence-corrected chi connectivity index (χ4v) is 2.79. The maximum atomic E-state index is 9.06. The number of nitrogens with zero attached hydrogens (tertiary/aromatic N) is 3. The second-order valence-corrected chi connectivity index (χ2v) is 6.07. The lowest BCUT2D eigenvalue weighted by Gasteiger charge is -2.15. The van der Waals surface area contributed by atoms with Gasteiger partial charge < -0.3 is 24.8 Å². The Labute approximate surface area is 169 Å². The molecule has 2 N–H and O–H groups in total. The molecule has 0 aliphatic rings. The van der Waals surface area contributed by atoms with Gasteiger partial charge in [-0.25, -0.2) is 4.98 Å². The molecule has 0 aliphatic carbocycles. The minimum absolute atomic E-state index is 0.401. The largest absolute Gasteiger partial charge is 0.493 e. The van der Waals surface area contributed by atoms with Gasteiger partial charge in [-0.3, -0.25) is 0 Å². The van der Waals surface area contributed by atoms with Crippen molar-refractivity contribution in [3.05, 3.63) is 53.7 Å². The Morgan fingerprint density at radius 1 is 0.862 bits per heavy atom. The van der Waals surface area contributed by atoms with Crippen LogP contribution in [-0.2, 0) is 0 Å². The van der Waals surface area contributed by atoms with Gasteiger partial charge in [0.15, 0.2) is 11.5 Å². The van der Waals surface area contributed by atoms with Crippen molar-refractivity contribution in [2.24, 2.45) is 0 Å². The molecule has 0 amide bonds. The maximum Gasteiger partial charge on any atom is 0.229 e. The van der Waals surface area contributed by atoms with Crippen molar-refractivity contribution in [2.45, 2.75) is 6.92 Å². The van der Waals surface area contributed by atoms with E-state index in [1.807, 2.05) is 25.1 Å². The van der Waals surface area contributed by atoms with Crippen LogP contribution in [0.1, 0.15) is 11.3 Å². The first kappa shape index (κ1) is 19.8. The van der Waals surface area contributed by atoms with Crippen LogP contribution in [0.5, 0.6) is 17.2 Å². The van der Waals surface area contributed by atoms with E-state index >= 15 is 0 Å². The normalized spacial score (nSPS) is 10.0. The second kappa shape index (κ2) is 8.80. The number of nitriles is 1. The van der Waals surface area contributed by atoms with E-state index in [1.165, 1.54) is 0 Å². The Morgan fingerprint density at radius 3 is 2.21 bits per heavy atom. The van der Waals surface area contributed by atoms with Crippen LogP contribution in [0.25, 0.3) is 0 Å². The lowest BCUT2D eigenvalue weighted by Crippen LogP contribution is -2.03. The molecule has 0 saturated carbocycles. The number of hydrogen-bond acceptors (Lipinski definition) is 8. The highest BCUT2D eigenvalue weighted by Gasteiger charge is 2.14. The van der Waals surface area contributed by atoms with E-state index in [2.05, 4.69) is 26.7 Å². The van der Waals surface area contributed by atoms with Gasteiger partial charge in [0.25, 0.3) is 0 Å². The highest BCUT2D eigenvalue weighted by molar-refractivity contribution is 5.67. The minimum Gasteiger partial charge on any atom is -0.493 e. The molecule has 0 bridgehead atoms. The van der Waals surface area contributed by atoms with Crippen molar-refractivity contribution in [1.29, 1.82) is 5.26 Å².